The van der Waals surface area contributed by atoms with Gasteiger partial charge < -0.3 is 14.6 Å². The summed E-state index contributed by atoms with van der Waals surface area (Å²) in [5, 5.41) is 10.4. The number of carboxylic acids is 1. The Balaban J connectivity index is 1.59. The van der Waals surface area contributed by atoms with Gasteiger partial charge in [0.2, 0.25) is 0 Å². The summed E-state index contributed by atoms with van der Waals surface area (Å²) in [5.74, 6) is 0.00469. The number of rotatable bonds is 6. The molecule has 7 atom stereocenters. The molecule has 0 saturated heterocycles. The number of esters is 2. The maximum absolute atomic E-state index is 12.7. The molecule has 32 heavy (non-hydrogen) atoms. The van der Waals surface area contributed by atoms with Gasteiger partial charge in [-0.05, 0) is 85.9 Å². The number of hydrogen-bond donors (Lipinski definition) is 1. The zero-order valence-electron chi connectivity index (χ0n) is 20.2. The van der Waals surface area contributed by atoms with Crippen LogP contribution in [0.15, 0.2) is 0 Å². The lowest BCUT2D eigenvalue weighted by Gasteiger charge is -2.63. The average molecular weight is 449 g/mol. The minimum absolute atomic E-state index is 0.00295. The van der Waals surface area contributed by atoms with Gasteiger partial charge in [0.25, 0.3) is 0 Å². The molecule has 0 aromatic rings. The van der Waals surface area contributed by atoms with Crippen molar-refractivity contribution in [2.75, 3.05) is 13.2 Å². The van der Waals surface area contributed by atoms with Gasteiger partial charge in [-0.3, -0.25) is 14.4 Å². The third-order valence-corrected chi connectivity index (χ3v) is 9.97. The Morgan fingerprint density at radius 3 is 2.41 bits per heavy atom. The Hall–Kier alpha value is -1.59. The molecule has 4 saturated carbocycles. The van der Waals surface area contributed by atoms with Crippen molar-refractivity contribution in [1.82, 2.24) is 0 Å². The third kappa shape index (κ3) is 3.66. The summed E-state index contributed by atoms with van der Waals surface area (Å²) in [5.41, 5.74) is -0.790. The second-order valence-electron chi connectivity index (χ2n) is 11.9. The van der Waals surface area contributed by atoms with Gasteiger partial charge in [0.05, 0.1) is 12.5 Å². The van der Waals surface area contributed by atoms with Crippen LogP contribution in [0.3, 0.4) is 0 Å². The summed E-state index contributed by atoms with van der Waals surface area (Å²) in [6.45, 7) is 7.92. The molecule has 4 aliphatic rings. The lowest BCUT2D eigenvalue weighted by Crippen LogP contribution is -2.60. The molecule has 0 radical (unpaired) electrons. The molecule has 6 nitrogen and oxygen atoms in total. The van der Waals surface area contributed by atoms with Crippen LogP contribution in [0.2, 0.25) is 0 Å². The van der Waals surface area contributed by atoms with E-state index >= 15 is 0 Å². The van der Waals surface area contributed by atoms with E-state index in [2.05, 4.69) is 6.92 Å². The summed E-state index contributed by atoms with van der Waals surface area (Å²) in [7, 11) is 0. The Bertz CT molecular complexity index is 776. The molecule has 4 aliphatic carbocycles. The van der Waals surface area contributed by atoms with E-state index in [9.17, 15) is 19.5 Å². The van der Waals surface area contributed by atoms with Crippen LogP contribution < -0.4 is 0 Å². The highest BCUT2D eigenvalue weighted by atomic mass is 16.5. The lowest BCUT2D eigenvalue weighted by molar-refractivity contribution is -0.197. The van der Waals surface area contributed by atoms with Gasteiger partial charge in [0.15, 0.2) is 0 Å². The van der Waals surface area contributed by atoms with Crippen LogP contribution in [0.1, 0.15) is 85.5 Å². The Kier molecular flexibility index (Phi) is 6.13. The van der Waals surface area contributed by atoms with Gasteiger partial charge >= 0.3 is 17.9 Å². The van der Waals surface area contributed by atoms with Crippen molar-refractivity contribution in [2.24, 2.45) is 45.8 Å². The van der Waals surface area contributed by atoms with Crippen molar-refractivity contribution < 1.29 is 29.0 Å². The molecule has 0 aliphatic heterocycles. The van der Waals surface area contributed by atoms with E-state index in [1.54, 1.807) is 13.8 Å². The fraction of sp³-hybridized carbons (Fsp3) is 0.885. The zero-order valence-corrected chi connectivity index (χ0v) is 20.2. The quantitative estimate of drug-likeness (QED) is 0.585. The summed E-state index contributed by atoms with van der Waals surface area (Å²) >= 11 is 0. The SMILES string of the molecule is CC(=O)OC[C@@H]1C[C@@]23CC[C@@H]4[C@](COC(=O)C(C)C)(C(=O)O)CCC[C@@]4(C)[C@@H]2CC[C@@H]1C3. The minimum atomic E-state index is -0.980. The third-order valence-electron chi connectivity index (χ3n) is 9.97. The van der Waals surface area contributed by atoms with Gasteiger partial charge in [-0.2, -0.15) is 0 Å². The van der Waals surface area contributed by atoms with Crippen LogP contribution in [-0.2, 0) is 23.9 Å². The van der Waals surface area contributed by atoms with Gasteiger partial charge in [-0.25, -0.2) is 0 Å². The van der Waals surface area contributed by atoms with Crippen molar-refractivity contribution in [3.8, 4) is 0 Å². The molecule has 180 valence electrons. The van der Waals surface area contributed by atoms with E-state index in [1.807, 2.05) is 0 Å². The second kappa shape index (κ2) is 8.32. The van der Waals surface area contributed by atoms with Gasteiger partial charge in [0, 0.05) is 6.92 Å². The van der Waals surface area contributed by atoms with Gasteiger partial charge in [0.1, 0.15) is 12.0 Å². The van der Waals surface area contributed by atoms with E-state index in [0.717, 1.165) is 44.9 Å². The first kappa shape index (κ1) is 23.6. The molecule has 0 aromatic carbocycles. The molecule has 0 aromatic heterocycles. The lowest BCUT2D eigenvalue weighted by atomic mass is 9.40. The highest BCUT2D eigenvalue weighted by Gasteiger charge is 2.67. The number of carbonyl (C=O) groups excluding carboxylic acids is 2. The molecular weight excluding hydrogens is 408 g/mol. The molecule has 0 unspecified atom stereocenters. The van der Waals surface area contributed by atoms with Crippen LogP contribution in [0, 0.1) is 45.8 Å². The fourth-order valence-corrected chi connectivity index (χ4v) is 8.67. The topological polar surface area (TPSA) is 89.9 Å². The van der Waals surface area contributed by atoms with Crippen molar-refractivity contribution >= 4 is 17.9 Å². The molecule has 6 heteroatoms. The largest absolute Gasteiger partial charge is 0.481 e. The van der Waals surface area contributed by atoms with E-state index in [-0.39, 0.29) is 41.2 Å². The predicted octanol–water partition coefficient (Wildman–Crippen LogP) is 4.84. The van der Waals surface area contributed by atoms with Crippen molar-refractivity contribution in [3.05, 3.63) is 0 Å². The summed E-state index contributed by atoms with van der Waals surface area (Å²) in [6.07, 6.45) is 8.99. The highest BCUT2D eigenvalue weighted by Crippen LogP contribution is 2.72. The number of ether oxygens (including phenoxy) is 2. The first-order chi connectivity index (χ1) is 15.0. The van der Waals surface area contributed by atoms with E-state index in [4.69, 9.17) is 9.47 Å². The Labute approximate surface area is 191 Å². The van der Waals surface area contributed by atoms with E-state index in [1.165, 1.54) is 13.3 Å². The van der Waals surface area contributed by atoms with Gasteiger partial charge in [-0.15, -0.1) is 0 Å². The van der Waals surface area contributed by atoms with Crippen LogP contribution in [0.5, 0.6) is 0 Å². The molecular formula is C26H40O6. The molecule has 1 spiro atoms. The number of carbonyl (C=O) groups is 3. The Morgan fingerprint density at radius 2 is 1.75 bits per heavy atom. The predicted molar refractivity (Wildman–Crippen MR) is 119 cm³/mol. The maximum Gasteiger partial charge on any atom is 0.313 e. The first-order valence-corrected chi connectivity index (χ1v) is 12.6. The first-order valence-electron chi connectivity index (χ1n) is 12.6. The van der Waals surface area contributed by atoms with Crippen molar-refractivity contribution in [1.29, 1.82) is 0 Å². The van der Waals surface area contributed by atoms with Crippen molar-refractivity contribution in [2.45, 2.75) is 85.5 Å². The summed E-state index contributed by atoms with van der Waals surface area (Å²) < 4.78 is 11.0. The van der Waals surface area contributed by atoms with E-state index < -0.39 is 11.4 Å². The van der Waals surface area contributed by atoms with Gasteiger partial charge in [-0.1, -0.05) is 27.2 Å². The summed E-state index contributed by atoms with van der Waals surface area (Å²) in [6, 6.07) is 0. The van der Waals surface area contributed by atoms with Crippen LogP contribution in [0.25, 0.3) is 0 Å². The van der Waals surface area contributed by atoms with E-state index in [0.29, 0.717) is 30.8 Å². The highest BCUT2D eigenvalue weighted by molar-refractivity contribution is 5.77. The van der Waals surface area contributed by atoms with Crippen molar-refractivity contribution in [3.63, 3.8) is 0 Å². The fourth-order valence-electron chi connectivity index (χ4n) is 8.67. The number of fused-ring (bicyclic) bond motifs is 3. The normalized spacial score (nSPS) is 42.7. The van der Waals surface area contributed by atoms with Crippen LogP contribution >= 0.6 is 0 Å². The molecule has 0 heterocycles. The number of aliphatic carboxylic acids is 1. The zero-order chi connectivity index (χ0) is 23.3. The maximum atomic E-state index is 12.7. The van der Waals surface area contributed by atoms with Crippen LogP contribution in [0.4, 0.5) is 0 Å². The molecule has 4 fully saturated rings. The molecule has 1 N–H and O–H groups in total. The Morgan fingerprint density at radius 1 is 1.00 bits per heavy atom. The second-order valence-corrected chi connectivity index (χ2v) is 11.9. The molecule has 4 rings (SSSR count). The smallest absolute Gasteiger partial charge is 0.313 e. The average Bonchev–Trinajstić information content (AvgIpc) is 2.99. The summed E-state index contributed by atoms with van der Waals surface area (Å²) in [4.78, 5) is 36.3. The minimum Gasteiger partial charge on any atom is -0.481 e. The standard InChI is InChI=1S/C26H40O6/c1-16(2)22(28)32-15-26(23(29)30)10-5-9-24(4)20-7-6-18-12-25(20,11-8-21(24)26)13-19(18)14-31-17(3)27/h16,18-21H,5-15H2,1-4H3,(H,29,30)/t18-,19+,20+,21+,24+,25+,26+/m1/s1. The molecule has 2 bridgehead atoms. The number of carboxylic acid groups (broad SMARTS) is 1. The molecule has 0 amide bonds. The van der Waals surface area contributed by atoms with Crippen LogP contribution in [-0.4, -0.2) is 36.2 Å². The monoisotopic (exact) mass is 448 g/mol. The number of hydrogen-bond acceptors (Lipinski definition) is 5.